The van der Waals surface area contributed by atoms with Crippen LogP contribution in [-0.4, -0.2) is 21.9 Å². The zero-order valence-electron chi connectivity index (χ0n) is 11.0. The van der Waals surface area contributed by atoms with Crippen LogP contribution in [-0.2, 0) is 6.18 Å². The summed E-state index contributed by atoms with van der Waals surface area (Å²) in [4.78, 5) is 15.9. The number of halogens is 3. The van der Waals surface area contributed by atoms with E-state index in [0.717, 1.165) is 31.4 Å². The smallest absolute Gasteiger partial charge is 0.393 e. The molecule has 1 amide bonds. The number of carbonyl (C=O) groups is 1. The van der Waals surface area contributed by atoms with Crippen molar-refractivity contribution in [1.29, 1.82) is 0 Å². The van der Waals surface area contributed by atoms with Crippen LogP contribution in [0.4, 0.5) is 13.2 Å². The zero-order chi connectivity index (χ0) is 15.6. The van der Waals surface area contributed by atoms with Crippen molar-refractivity contribution in [1.82, 2.24) is 10.3 Å². The first-order valence-corrected chi connectivity index (χ1v) is 6.83. The summed E-state index contributed by atoms with van der Waals surface area (Å²) >= 11 is 4.95. The van der Waals surface area contributed by atoms with Gasteiger partial charge in [0.2, 0.25) is 0 Å². The molecule has 2 unspecified atom stereocenters. The van der Waals surface area contributed by atoms with E-state index in [0.29, 0.717) is 11.2 Å². The molecule has 0 saturated heterocycles. The van der Waals surface area contributed by atoms with Gasteiger partial charge >= 0.3 is 6.18 Å². The molecule has 1 aromatic heterocycles. The fourth-order valence-corrected chi connectivity index (χ4v) is 2.69. The highest BCUT2D eigenvalue weighted by molar-refractivity contribution is 7.80. The van der Waals surface area contributed by atoms with Gasteiger partial charge in [0.25, 0.3) is 5.91 Å². The van der Waals surface area contributed by atoms with Gasteiger partial charge in [-0.05, 0) is 25.0 Å². The molecule has 3 N–H and O–H groups in total. The molecule has 1 heterocycles. The van der Waals surface area contributed by atoms with Crippen LogP contribution < -0.4 is 11.1 Å². The first kappa shape index (κ1) is 15.7. The minimum Gasteiger partial charge on any atom is -0.393 e. The molecule has 2 rings (SSSR count). The van der Waals surface area contributed by atoms with E-state index in [-0.39, 0.29) is 17.7 Å². The van der Waals surface area contributed by atoms with Crippen molar-refractivity contribution < 1.29 is 18.0 Å². The van der Waals surface area contributed by atoms with Gasteiger partial charge in [-0.3, -0.25) is 9.78 Å². The van der Waals surface area contributed by atoms with Crippen molar-refractivity contribution in [2.24, 2.45) is 11.7 Å². The zero-order valence-corrected chi connectivity index (χ0v) is 11.8. The molecule has 1 aliphatic rings. The summed E-state index contributed by atoms with van der Waals surface area (Å²) < 4.78 is 37.3. The minimum absolute atomic E-state index is 0.0587. The number of carbonyl (C=O) groups excluding carboxylic acids is 1. The summed E-state index contributed by atoms with van der Waals surface area (Å²) in [6.07, 6.45) is -1.37. The molecular formula is C13H14F3N3OS. The van der Waals surface area contributed by atoms with E-state index in [4.69, 9.17) is 18.0 Å². The summed E-state index contributed by atoms with van der Waals surface area (Å²) in [6, 6.07) is 1.71. The molecule has 0 bridgehead atoms. The third kappa shape index (κ3) is 3.69. The first-order valence-electron chi connectivity index (χ1n) is 6.42. The van der Waals surface area contributed by atoms with Gasteiger partial charge in [0, 0.05) is 18.2 Å². The summed E-state index contributed by atoms with van der Waals surface area (Å²) in [5, 5.41) is 2.73. The fraction of sp³-hybridized carbons (Fsp3) is 0.462. The number of hydrogen-bond acceptors (Lipinski definition) is 3. The summed E-state index contributed by atoms with van der Waals surface area (Å²) in [6.45, 7) is 0. The molecule has 114 valence electrons. The Kier molecular flexibility index (Phi) is 4.46. The van der Waals surface area contributed by atoms with Gasteiger partial charge < -0.3 is 11.1 Å². The lowest BCUT2D eigenvalue weighted by atomic mass is 10.0. The van der Waals surface area contributed by atoms with E-state index < -0.39 is 17.6 Å². The van der Waals surface area contributed by atoms with E-state index in [1.807, 2.05) is 0 Å². The molecule has 1 saturated carbocycles. The van der Waals surface area contributed by atoms with Gasteiger partial charge in [-0.1, -0.05) is 18.6 Å². The Morgan fingerprint density at radius 3 is 2.62 bits per heavy atom. The Balaban J connectivity index is 2.05. The highest BCUT2D eigenvalue weighted by Gasteiger charge is 2.32. The van der Waals surface area contributed by atoms with Gasteiger partial charge in [-0.2, -0.15) is 13.2 Å². The van der Waals surface area contributed by atoms with Crippen molar-refractivity contribution in [2.75, 3.05) is 0 Å². The number of aromatic nitrogens is 1. The minimum atomic E-state index is -4.47. The Morgan fingerprint density at radius 1 is 1.38 bits per heavy atom. The lowest BCUT2D eigenvalue weighted by molar-refractivity contribution is -0.137. The van der Waals surface area contributed by atoms with E-state index >= 15 is 0 Å². The van der Waals surface area contributed by atoms with Crippen LogP contribution in [0.3, 0.4) is 0 Å². The summed E-state index contributed by atoms with van der Waals surface area (Å²) in [7, 11) is 0. The number of nitrogens with two attached hydrogens (primary N) is 1. The molecule has 2 atom stereocenters. The SMILES string of the molecule is NC(=S)C1CCCC1NC(=O)c1ccc(C(F)(F)F)cn1. The first-order chi connectivity index (χ1) is 9.79. The van der Waals surface area contributed by atoms with Crippen molar-refractivity contribution in [3.8, 4) is 0 Å². The Hall–Kier alpha value is -1.70. The van der Waals surface area contributed by atoms with Crippen LogP contribution in [0, 0.1) is 5.92 Å². The molecule has 1 fully saturated rings. The lowest BCUT2D eigenvalue weighted by Crippen LogP contribution is -2.42. The average Bonchev–Trinajstić information content (AvgIpc) is 2.86. The third-order valence-electron chi connectivity index (χ3n) is 3.52. The number of pyridine rings is 1. The van der Waals surface area contributed by atoms with E-state index in [2.05, 4.69) is 10.3 Å². The third-order valence-corrected chi connectivity index (χ3v) is 3.82. The Bertz CT molecular complexity index is 545. The molecule has 1 aromatic rings. The van der Waals surface area contributed by atoms with Crippen LogP contribution in [0.1, 0.15) is 35.3 Å². The maximum absolute atomic E-state index is 12.4. The van der Waals surface area contributed by atoms with E-state index in [1.165, 1.54) is 0 Å². The van der Waals surface area contributed by atoms with Crippen molar-refractivity contribution in [3.05, 3.63) is 29.6 Å². The van der Waals surface area contributed by atoms with Crippen LogP contribution in [0.5, 0.6) is 0 Å². The molecule has 0 radical (unpaired) electrons. The quantitative estimate of drug-likeness (QED) is 0.839. The second-order valence-electron chi connectivity index (χ2n) is 4.95. The number of nitrogens with zero attached hydrogens (tertiary/aromatic N) is 1. The maximum Gasteiger partial charge on any atom is 0.417 e. The fourth-order valence-electron chi connectivity index (χ4n) is 2.41. The Morgan fingerprint density at radius 2 is 2.10 bits per heavy atom. The number of alkyl halides is 3. The summed E-state index contributed by atoms with van der Waals surface area (Å²) in [5.41, 5.74) is 4.66. The van der Waals surface area contributed by atoms with E-state index in [1.54, 1.807) is 0 Å². The number of rotatable bonds is 3. The summed E-state index contributed by atoms with van der Waals surface area (Å²) in [5.74, 6) is -0.588. The lowest BCUT2D eigenvalue weighted by Gasteiger charge is -2.19. The predicted molar refractivity (Wildman–Crippen MR) is 74.6 cm³/mol. The number of hydrogen-bond donors (Lipinski definition) is 2. The molecule has 4 nitrogen and oxygen atoms in total. The largest absolute Gasteiger partial charge is 0.417 e. The van der Waals surface area contributed by atoms with Gasteiger partial charge in [-0.25, -0.2) is 0 Å². The van der Waals surface area contributed by atoms with Crippen molar-refractivity contribution in [2.45, 2.75) is 31.5 Å². The monoisotopic (exact) mass is 317 g/mol. The normalized spacial score (nSPS) is 22.0. The topological polar surface area (TPSA) is 68.0 Å². The van der Waals surface area contributed by atoms with Crippen LogP contribution >= 0.6 is 12.2 Å². The number of nitrogens with one attached hydrogen (secondary N) is 1. The van der Waals surface area contributed by atoms with Gasteiger partial charge in [0.05, 0.1) is 10.6 Å². The maximum atomic E-state index is 12.4. The average molecular weight is 317 g/mol. The second kappa shape index (κ2) is 5.97. The molecular weight excluding hydrogens is 303 g/mol. The standard InChI is InChI=1S/C13H14F3N3OS/c14-13(15,16)7-4-5-10(18-6-7)12(20)19-9-3-1-2-8(9)11(17)21/h4-6,8-9H,1-3H2,(H2,17,21)(H,19,20). The molecule has 1 aliphatic carbocycles. The number of thiocarbonyl (C=S) groups is 1. The van der Waals surface area contributed by atoms with E-state index in [9.17, 15) is 18.0 Å². The number of amides is 1. The highest BCUT2D eigenvalue weighted by Crippen LogP contribution is 2.29. The van der Waals surface area contributed by atoms with Gasteiger partial charge in [0.15, 0.2) is 0 Å². The van der Waals surface area contributed by atoms with Gasteiger partial charge in [0.1, 0.15) is 5.69 Å². The Labute approximate surface area is 124 Å². The van der Waals surface area contributed by atoms with Crippen LogP contribution in [0.2, 0.25) is 0 Å². The molecule has 0 spiro atoms. The highest BCUT2D eigenvalue weighted by atomic mass is 32.1. The van der Waals surface area contributed by atoms with Crippen molar-refractivity contribution >= 4 is 23.1 Å². The second-order valence-corrected chi connectivity index (χ2v) is 5.42. The molecule has 8 heteroatoms. The predicted octanol–water partition coefficient (Wildman–Crippen LogP) is 2.29. The molecule has 0 aromatic carbocycles. The molecule has 0 aliphatic heterocycles. The molecule has 21 heavy (non-hydrogen) atoms. The van der Waals surface area contributed by atoms with Crippen LogP contribution in [0.25, 0.3) is 0 Å². The van der Waals surface area contributed by atoms with Crippen molar-refractivity contribution in [3.63, 3.8) is 0 Å². The van der Waals surface area contributed by atoms with Gasteiger partial charge in [-0.15, -0.1) is 0 Å². The van der Waals surface area contributed by atoms with Crippen LogP contribution in [0.15, 0.2) is 18.3 Å².